The van der Waals surface area contributed by atoms with Gasteiger partial charge in [0.2, 0.25) is 0 Å². The van der Waals surface area contributed by atoms with E-state index in [1.807, 2.05) is 0 Å². The molecule has 0 heterocycles. The third kappa shape index (κ3) is 3.52. The highest BCUT2D eigenvalue weighted by atomic mass is 32.2. The molecule has 0 atom stereocenters. The Morgan fingerprint density at radius 2 is 2.31 bits per heavy atom. The van der Waals surface area contributed by atoms with E-state index < -0.39 is 0 Å². The summed E-state index contributed by atoms with van der Waals surface area (Å²) < 4.78 is 4.95. The number of aromatic hydroxyl groups is 1. The molecule has 84 valence electrons. The van der Waals surface area contributed by atoms with Gasteiger partial charge in [0.25, 0.3) is 0 Å². The van der Waals surface area contributed by atoms with E-state index in [4.69, 9.17) is 4.74 Å². The third-order valence-electron chi connectivity index (χ3n) is 1.79. The summed E-state index contributed by atoms with van der Waals surface area (Å²) in [5.74, 6) is 6.44. The summed E-state index contributed by atoms with van der Waals surface area (Å²) in [6.45, 7) is 1.50. The molecule has 1 N–H and O–H groups in total. The van der Waals surface area contributed by atoms with Crippen molar-refractivity contribution in [3.8, 4) is 23.3 Å². The van der Waals surface area contributed by atoms with Crippen LogP contribution >= 0.6 is 11.8 Å². The fourth-order valence-corrected chi connectivity index (χ4v) is 1.40. The van der Waals surface area contributed by atoms with Gasteiger partial charge in [-0.15, -0.1) is 0 Å². The highest BCUT2D eigenvalue weighted by Crippen LogP contribution is 2.28. The molecule has 16 heavy (non-hydrogen) atoms. The van der Waals surface area contributed by atoms with Crippen LogP contribution < -0.4 is 4.74 Å². The van der Waals surface area contributed by atoms with E-state index in [9.17, 15) is 9.90 Å². The summed E-state index contributed by atoms with van der Waals surface area (Å²) in [5.41, 5.74) is 0.503. The molecule has 0 bridgehead atoms. The van der Waals surface area contributed by atoms with Crippen molar-refractivity contribution in [3.63, 3.8) is 0 Å². The van der Waals surface area contributed by atoms with Gasteiger partial charge >= 0.3 is 0 Å². The Morgan fingerprint density at radius 1 is 1.56 bits per heavy atom. The first-order valence-corrected chi connectivity index (χ1v) is 5.62. The molecular formula is C12H12O3S. The molecule has 0 saturated heterocycles. The van der Waals surface area contributed by atoms with Crippen molar-refractivity contribution in [2.75, 3.05) is 12.9 Å². The Morgan fingerprint density at radius 3 is 2.94 bits per heavy atom. The highest BCUT2D eigenvalue weighted by Gasteiger charge is 2.03. The van der Waals surface area contributed by atoms with Gasteiger partial charge in [-0.05, 0) is 12.1 Å². The number of ether oxygens (including phenoxy) is 1. The largest absolute Gasteiger partial charge is 0.503 e. The van der Waals surface area contributed by atoms with Crippen molar-refractivity contribution in [2.24, 2.45) is 0 Å². The number of phenols is 1. The van der Waals surface area contributed by atoms with E-state index in [0.717, 1.165) is 11.8 Å². The summed E-state index contributed by atoms with van der Waals surface area (Å²) in [6.07, 6.45) is 0. The van der Waals surface area contributed by atoms with Crippen LogP contribution in [0.3, 0.4) is 0 Å². The number of para-hydroxylation sites is 1. The number of methoxy groups -OCH3 is 1. The first-order valence-electron chi connectivity index (χ1n) is 4.63. The molecule has 1 aromatic rings. The van der Waals surface area contributed by atoms with Crippen molar-refractivity contribution in [3.05, 3.63) is 23.8 Å². The fourth-order valence-electron chi connectivity index (χ4n) is 1.06. The van der Waals surface area contributed by atoms with E-state index in [-0.39, 0.29) is 10.9 Å². The maximum atomic E-state index is 10.6. The second-order valence-electron chi connectivity index (χ2n) is 2.94. The summed E-state index contributed by atoms with van der Waals surface area (Å²) in [6, 6.07) is 5.11. The van der Waals surface area contributed by atoms with E-state index in [2.05, 4.69) is 11.8 Å². The Kier molecular flexibility index (Phi) is 4.74. The minimum atomic E-state index is 0.0316. The topological polar surface area (TPSA) is 46.5 Å². The van der Waals surface area contributed by atoms with Gasteiger partial charge in [-0.1, -0.05) is 29.7 Å². The molecule has 0 aliphatic carbocycles. The molecule has 1 aromatic carbocycles. The van der Waals surface area contributed by atoms with Crippen molar-refractivity contribution < 1.29 is 14.6 Å². The molecule has 0 aliphatic rings. The lowest BCUT2D eigenvalue weighted by Crippen LogP contribution is -1.86. The minimum Gasteiger partial charge on any atom is -0.503 e. The van der Waals surface area contributed by atoms with Crippen molar-refractivity contribution >= 4 is 16.9 Å². The molecule has 0 aliphatic heterocycles. The zero-order chi connectivity index (χ0) is 12.0. The molecule has 0 amide bonds. The lowest BCUT2D eigenvalue weighted by atomic mass is 10.2. The van der Waals surface area contributed by atoms with Gasteiger partial charge in [0.15, 0.2) is 16.6 Å². The van der Waals surface area contributed by atoms with Gasteiger partial charge in [0.1, 0.15) is 0 Å². The molecule has 0 spiro atoms. The van der Waals surface area contributed by atoms with Gasteiger partial charge in [-0.2, -0.15) is 0 Å². The van der Waals surface area contributed by atoms with Crippen LogP contribution in [0.1, 0.15) is 12.5 Å². The van der Waals surface area contributed by atoms with E-state index in [1.165, 1.54) is 14.0 Å². The standard InChI is InChI=1S/C12H12O3S/c1-9(13)16-8-4-6-10-5-3-7-11(15-2)12(10)14/h3,5,7,14H,8H2,1-2H3. The van der Waals surface area contributed by atoms with Crippen LogP contribution in [0.2, 0.25) is 0 Å². The molecular weight excluding hydrogens is 224 g/mol. The molecule has 0 fully saturated rings. The van der Waals surface area contributed by atoms with Crippen molar-refractivity contribution in [2.45, 2.75) is 6.92 Å². The maximum Gasteiger partial charge on any atom is 0.186 e. The van der Waals surface area contributed by atoms with Gasteiger partial charge in [0, 0.05) is 6.92 Å². The zero-order valence-electron chi connectivity index (χ0n) is 9.11. The SMILES string of the molecule is COc1cccc(C#CCSC(C)=O)c1O. The van der Waals surface area contributed by atoms with Crippen molar-refractivity contribution in [1.82, 2.24) is 0 Å². The predicted molar refractivity (Wildman–Crippen MR) is 64.7 cm³/mol. The Hall–Kier alpha value is -1.60. The Bertz CT molecular complexity index is 443. The highest BCUT2D eigenvalue weighted by molar-refractivity contribution is 8.13. The maximum absolute atomic E-state index is 10.6. The second-order valence-corrected chi connectivity index (χ2v) is 4.09. The number of hydrogen-bond acceptors (Lipinski definition) is 4. The van der Waals surface area contributed by atoms with Gasteiger partial charge in [0.05, 0.1) is 18.4 Å². The fraction of sp³-hybridized carbons (Fsp3) is 0.250. The minimum absolute atomic E-state index is 0.0316. The number of carbonyl (C=O) groups is 1. The number of phenolic OH excluding ortho intramolecular Hbond substituents is 1. The number of benzene rings is 1. The predicted octanol–water partition coefficient (Wildman–Crippen LogP) is 2.03. The van der Waals surface area contributed by atoms with Gasteiger partial charge < -0.3 is 9.84 Å². The van der Waals surface area contributed by atoms with Crippen LogP contribution in [-0.2, 0) is 4.79 Å². The molecule has 1 rings (SSSR count). The van der Waals surface area contributed by atoms with Crippen LogP contribution in [-0.4, -0.2) is 23.1 Å². The van der Waals surface area contributed by atoms with Crippen molar-refractivity contribution in [1.29, 1.82) is 0 Å². The molecule has 0 unspecified atom stereocenters. The number of hydrogen-bond donors (Lipinski definition) is 1. The summed E-state index contributed by atoms with van der Waals surface area (Å²) >= 11 is 1.14. The van der Waals surface area contributed by atoms with Crippen LogP contribution in [0.15, 0.2) is 18.2 Å². The quantitative estimate of drug-likeness (QED) is 0.798. The first kappa shape index (κ1) is 12.5. The van der Waals surface area contributed by atoms with E-state index >= 15 is 0 Å². The number of carbonyl (C=O) groups excluding carboxylic acids is 1. The zero-order valence-corrected chi connectivity index (χ0v) is 9.93. The van der Waals surface area contributed by atoms with E-state index in [1.54, 1.807) is 18.2 Å². The van der Waals surface area contributed by atoms with Crippen LogP contribution in [0.25, 0.3) is 0 Å². The van der Waals surface area contributed by atoms with Gasteiger partial charge in [-0.3, -0.25) is 4.79 Å². The summed E-state index contributed by atoms with van der Waals surface area (Å²) in [4.78, 5) is 10.6. The Balaban J connectivity index is 2.77. The molecule has 3 nitrogen and oxygen atoms in total. The third-order valence-corrected chi connectivity index (χ3v) is 2.48. The van der Waals surface area contributed by atoms with Crippen LogP contribution in [0.4, 0.5) is 0 Å². The lowest BCUT2D eigenvalue weighted by Gasteiger charge is -2.03. The number of thioether (sulfide) groups is 1. The molecule has 0 saturated carbocycles. The monoisotopic (exact) mass is 236 g/mol. The van der Waals surface area contributed by atoms with Crippen LogP contribution in [0.5, 0.6) is 11.5 Å². The van der Waals surface area contributed by atoms with Gasteiger partial charge in [-0.25, -0.2) is 0 Å². The summed E-state index contributed by atoms with van der Waals surface area (Å²) in [5, 5.41) is 9.73. The summed E-state index contributed by atoms with van der Waals surface area (Å²) in [7, 11) is 1.48. The number of rotatable bonds is 2. The molecule has 4 heteroatoms. The molecule has 0 aromatic heterocycles. The lowest BCUT2D eigenvalue weighted by molar-refractivity contribution is -0.109. The molecule has 0 radical (unpaired) electrons. The smallest absolute Gasteiger partial charge is 0.186 e. The normalized spacial score (nSPS) is 9.12. The average Bonchev–Trinajstić information content (AvgIpc) is 2.26. The van der Waals surface area contributed by atoms with E-state index in [0.29, 0.717) is 17.1 Å². The van der Waals surface area contributed by atoms with Crippen LogP contribution in [0, 0.1) is 11.8 Å². The average molecular weight is 236 g/mol. The Labute approximate surface area is 98.8 Å². The second kappa shape index (κ2) is 6.09. The first-order chi connectivity index (χ1) is 7.65.